The fourth-order valence-corrected chi connectivity index (χ4v) is 3.75. The fourth-order valence-electron chi connectivity index (χ4n) is 2.81. The molecule has 1 aromatic carbocycles. The number of hydrogen-bond acceptors (Lipinski definition) is 6. The van der Waals surface area contributed by atoms with E-state index in [4.69, 9.17) is 0 Å². The van der Waals surface area contributed by atoms with E-state index in [1.807, 2.05) is 56.3 Å². The number of aryl methyl sites for hydroxylation is 1. The van der Waals surface area contributed by atoms with Crippen molar-refractivity contribution in [2.45, 2.75) is 19.9 Å². The van der Waals surface area contributed by atoms with Gasteiger partial charge in [0.05, 0.1) is 23.1 Å². The van der Waals surface area contributed by atoms with Crippen LogP contribution in [0.3, 0.4) is 0 Å². The minimum absolute atomic E-state index is 0.134. The molecule has 3 aromatic heterocycles. The van der Waals surface area contributed by atoms with Crippen LogP contribution in [-0.2, 0) is 0 Å². The smallest absolute Gasteiger partial charge is 0.263 e. The molecule has 1 N–H and O–H groups in total. The summed E-state index contributed by atoms with van der Waals surface area (Å²) in [6.07, 6.45) is 4.86. The number of benzene rings is 1. The molecule has 0 aliphatic heterocycles. The van der Waals surface area contributed by atoms with Gasteiger partial charge in [-0.15, -0.1) is 11.3 Å². The number of pyridine rings is 1. The molecule has 0 aliphatic rings. The molecule has 0 fully saturated rings. The lowest BCUT2D eigenvalue weighted by molar-refractivity contribution is 0.0943. The summed E-state index contributed by atoms with van der Waals surface area (Å²) >= 11 is 1.35. The van der Waals surface area contributed by atoms with Gasteiger partial charge < -0.3 is 5.32 Å². The second-order valence-electron chi connectivity index (χ2n) is 6.28. The number of carbonyl (C=O) groups is 1. The van der Waals surface area contributed by atoms with Gasteiger partial charge in [-0.1, -0.05) is 18.2 Å². The lowest BCUT2D eigenvalue weighted by Crippen LogP contribution is -2.26. The zero-order valence-electron chi connectivity index (χ0n) is 15.4. The molecule has 1 amide bonds. The van der Waals surface area contributed by atoms with Crippen LogP contribution in [0.1, 0.15) is 33.9 Å². The zero-order valence-corrected chi connectivity index (χ0v) is 16.2. The predicted octanol–water partition coefficient (Wildman–Crippen LogP) is 3.59. The van der Waals surface area contributed by atoms with E-state index in [1.165, 1.54) is 17.7 Å². The van der Waals surface area contributed by atoms with Crippen molar-refractivity contribution in [3.8, 4) is 16.4 Å². The molecule has 1 unspecified atom stereocenters. The molecule has 0 aliphatic carbocycles. The van der Waals surface area contributed by atoms with Gasteiger partial charge in [-0.2, -0.15) is 5.10 Å². The molecule has 0 bridgehead atoms. The van der Waals surface area contributed by atoms with Gasteiger partial charge in [0.25, 0.3) is 5.91 Å². The zero-order chi connectivity index (χ0) is 19.5. The lowest BCUT2D eigenvalue weighted by Gasteiger charge is -2.14. The van der Waals surface area contributed by atoms with Crippen molar-refractivity contribution in [2.24, 2.45) is 0 Å². The summed E-state index contributed by atoms with van der Waals surface area (Å²) in [6.45, 7) is 3.80. The Kier molecular flexibility index (Phi) is 4.94. The summed E-state index contributed by atoms with van der Waals surface area (Å²) in [6, 6.07) is 13.4. The summed E-state index contributed by atoms with van der Waals surface area (Å²) in [5.74, 6) is -0.134. The average Bonchev–Trinajstić information content (AvgIpc) is 3.39. The van der Waals surface area contributed by atoms with E-state index in [0.717, 1.165) is 22.0 Å². The summed E-state index contributed by atoms with van der Waals surface area (Å²) in [5, 5.41) is 7.90. The first kappa shape index (κ1) is 18.0. The third kappa shape index (κ3) is 3.67. The van der Waals surface area contributed by atoms with E-state index in [2.05, 4.69) is 25.4 Å². The quantitative estimate of drug-likeness (QED) is 0.563. The van der Waals surface area contributed by atoms with Crippen LogP contribution in [0.5, 0.6) is 0 Å². The Morgan fingerprint density at radius 3 is 2.68 bits per heavy atom. The van der Waals surface area contributed by atoms with Crippen LogP contribution >= 0.6 is 11.3 Å². The summed E-state index contributed by atoms with van der Waals surface area (Å²) in [5.41, 5.74) is 3.39. The van der Waals surface area contributed by atoms with Crippen LogP contribution < -0.4 is 5.32 Å². The second kappa shape index (κ2) is 7.69. The topological polar surface area (TPSA) is 85.6 Å². The molecule has 7 nitrogen and oxygen atoms in total. The van der Waals surface area contributed by atoms with E-state index in [-0.39, 0.29) is 11.9 Å². The fraction of sp³-hybridized carbons (Fsp3) is 0.150. The summed E-state index contributed by atoms with van der Waals surface area (Å²) in [4.78, 5) is 26.1. The van der Waals surface area contributed by atoms with Crippen LogP contribution in [0.2, 0.25) is 0 Å². The van der Waals surface area contributed by atoms with E-state index >= 15 is 0 Å². The number of rotatable bonds is 5. The largest absolute Gasteiger partial charge is 0.345 e. The van der Waals surface area contributed by atoms with Gasteiger partial charge in [-0.3, -0.25) is 9.78 Å². The normalized spacial score (nSPS) is 11.9. The third-order valence-corrected chi connectivity index (χ3v) is 5.49. The molecule has 140 valence electrons. The third-order valence-electron chi connectivity index (χ3n) is 4.31. The molecule has 8 heteroatoms. The first-order chi connectivity index (χ1) is 13.6. The van der Waals surface area contributed by atoms with Crippen LogP contribution in [0, 0.1) is 6.92 Å². The van der Waals surface area contributed by atoms with Gasteiger partial charge in [0, 0.05) is 6.20 Å². The highest BCUT2D eigenvalue weighted by atomic mass is 32.1. The standard InChI is InChI=1S/C20H18N6OS/c1-13(15-6-8-16(9-7-15)26-12-21-11-23-26)24-19(27)18-14(2)25-20(28-18)17-5-3-4-10-22-17/h3-13H,1-2H3,(H,24,27). The number of carbonyl (C=O) groups excluding carboxylic acids is 1. The summed E-state index contributed by atoms with van der Waals surface area (Å²) < 4.78 is 1.69. The number of nitrogens with zero attached hydrogens (tertiary/aromatic N) is 5. The average molecular weight is 390 g/mol. The minimum Gasteiger partial charge on any atom is -0.345 e. The maximum atomic E-state index is 12.8. The molecule has 1 atom stereocenters. The van der Waals surface area contributed by atoms with Crippen molar-refractivity contribution >= 4 is 17.2 Å². The second-order valence-corrected chi connectivity index (χ2v) is 7.27. The number of aromatic nitrogens is 5. The number of amides is 1. The van der Waals surface area contributed by atoms with E-state index in [1.54, 1.807) is 17.2 Å². The predicted molar refractivity (Wildman–Crippen MR) is 107 cm³/mol. The molecule has 4 rings (SSSR count). The maximum absolute atomic E-state index is 12.8. The van der Waals surface area contributed by atoms with Gasteiger partial charge in [0.1, 0.15) is 22.5 Å². The van der Waals surface area contributed by atoms with E-state index in [9.17, 15) is 4.79 Å². The Hall–Kier alpha value is -3.39. The van der Waals surface area contributed by atoms with Crippen LogP contribution in [0.25, 0.3) is 16.4 Å². The van der Waals surface area contributed by atoms with E-state index in [0.29, 0.717) is 10.6 Å². The SMILES string of the molecule is Cc1nc(-c2ccccn2)sc1C(=O)NC(C)c1ccc(-n2cncn2)cc1. The van der Waals surface area contributed by atoms with Crippen molar-refractivity contribution < 1.29 is 4.79 Å². The Labute approximate surface area is 166 Å². The van der Waals surface area contributed by atoms with Crippen molar-refractivity contribution in [1.29, 1.82) is 0 Å². The maximum Gasteiger partial charge on any atom is 0.263 e. The van der Waals surface area contributed by atoms with Crippen molar-refractivity contribution in [3.05, 3.63) is 77.5 Å². The lowest BCUT2D eigenvalue weighted by atomic mass is 10.1. The van der Waals surface area contributed by atoms with E-state index < -0.39 is 0 Å². The van der Waals surface area contributed by atoms with Gasteiger partial charge in [0.2, 0.25) is 0 Å². The van der Waals surface area contributed by atoms with Gasteiger partial charge in [0.15, 0.2) is 0 Å². The molecule has 3 heterocycles. The first-order valence-corrected chi connectivity index (χ1v) is 9.58. The van der Waals surface area contributed by atoms with Crippen molar-refractivity contribution in [1.82, 2.24) is 30.0 Å². The Morgan fingerprint density at radius 2 is 2.00 bits per heavy atom. The molecule has 0 radical (unpaired) electrons. The Balaban J connectivity index is 1.48. The minimum atomic E-state index is -0.142. The molecule has 28 heavy (non-hydrogen) atoms. The molecule has 0 spiro atoms. The van der Waals surface area contributed by atoms with Gasteiger partial charge >= 0.3 is 0 Å². The van der Waals surface area contributed by atoms with Crippen LogP contribution in [0.15, 0.2) is 61.3 Å². The van der Waals surface area contributed by atoms with Crippen LogP contribution in [-0.4, -0.2) is 30.6 Å². The van der Waals surface area contributed by atoms with Crippen LogP contribution in [0.4, 0.5) is 0 Å². The highest BCUT2D eigenvalue weighted by Gasteiger charge is 2.19. The Bertz CT molecular complexity index is 1070. The first-order valence-electron chi connectivity index (χ1n) is 8.76. The molecule has 0 saturated carbocycles. The van der Waals surface area contributed by atoms with Crippen molar-refractivity contribution in [3.63, 3.8) is 0 Å². The van der Waals surface area contributed by atoms with Crippen molar-refractivity contribution in [2.75, 3.05) is 0 Å². The molecular formula is C20H18N6OS. The number of nitrogens with one attached hydrogen (secondary N) is 1. The number of hydrogen-bond donors (Lipinski definition) is 1. The number of thiazole rings is 1. The summed E-state index contributed by atoms with van der Waals surface area (Å²) in [7, 11) is 0. The highest BCUT2D eigenvalue weighted by Crippen LogP contribution is 2.27. The highest BCUT2D eigenvalue weighted by molar-refractivity contribution is 7.17. The molecule has 0 saturated heterocycles. The van der Waals surface area contributed by atoms with Gasteiger partial charge in [-0.05, 0) is 43.7 Å². The molecular weight excluding hydrogens is 372 g/mol. The van der Waals surface area contributed by atoms with Gasteiger partial charge in [-0.25, -0.2) is 14.6 Å². The monoisotopic (exact) mass is 390 g/mol. The molecule has 4 aromatic rings. The Morgan fingerprint density at radius 1 is 1.18 bits per heavy atom.